The van der Waals surface area contributed by atoms with Crippen molar-refractivity contribution in [2.24, 2.45) is 11.3 Å². The average molecular weight is 275 g/mol. The molecule has 0 spiro atoms. The largest absolute Gasteiger partial charge is 0.370 e. The molecule has 2 rings (SSSR count). The number of nitrogens with one attached hydrogen (secondary N) is 1. The lowest BCUT2D eigenvalue weighted by Gasteiger charge is -2.39. The molecular formula is C16H25N3O. The summed E-state index contributed by atoms with van der Waals surface area (Å²) < 4.78 is 0. The van der Waals surface area contributed by atoms with Gasteiger partial charge in [0.25, 0.3) is 5.91 Å². The summed E-state index contributed by atoms with van der Waals surface area (Å²) in [6.45, 7) is 9.12. The van der Waals surface area contributed by atoms with E-state index in [0.717, 1.165) is 24.7 Å². The number of piperidine rings is 1. The molecule has 4 nitrogen and oxygen atoms in total. The fraction of sp³-hybridized carbons (Fsp3) is 0.625. The SMILES string of the molecule is CNC(=O)c1ccc(N2CCC(C(C)(C)C)CC2)cn1. The van der Waals surface area contributed by atoms with Crippen LogP contribution < -0.4 is 10.2 Å². The first-order valence-electron chi connectivity index (χ1n) is 7.35. The van der Waals surface area contributed by atoms with Crippen molar-refractivity contribution in [3.63, 3.8) is 0 Å². The first-order chi connectivity index (χ1) is 9.41. The van der Waals surface area contributed by atoms with Crippen LogP contribution in [0.3, 0.4) is 0 Å². The Hall–Kier alpha value is -1.58. The Morgan fingerprint density at radius 3 is 2.40 bits per heavy atom. The molecule has 1 aliphatic heterocycles. The number of carbonyl (C=O) groups excluding carboxylic acids is 1. The van der Waals surface area contributed by atoms with Gasteiger partial charge in [-0.05, 0) is 36.3 Å². The van der Waals surface area contributed by atoms with Gasteiger partial charge in [-0.2, -0.15) is 0 Å². The zero-order valence-electron chi connectivity index (χ0n) is 12.9. The Kier molecular flexibility index (Phi) is 4.31. The summed E-state index contributed by atoms with van der Waals surface area (Å²) in [5, 5.41) is 2.59. The normalized spacial score (nSPS) is 17.1. The summed E-state index contributed by atoms with van der Waals surface area (Å²) in [6.07, 6.45) is 4.25. The lowest BCUT2D eigenvalue weighted by molar-refractivity contribution is 0.0958. The minimum absolute atomic E-state index is 0.136. The van der Waals surface area contributed by atoms with Crippen LogP contribution in [-0.4, -0.2) is 31.0 Å². The molecule has 1 amide bonds. The van der Waals surface area contributed by atoms with Crippen LogP contribution in [0.15, 0.2) is 18.3 Å². The Labute approximate surface area is 121 Å². The predicted molar refractivity (Wildman–Crippen MR) is 82.0 cm³/mol. The summed E-state index contributed by atoms with van der Waals surface area (Å²) in [5.41, 5.74) is 1.98. The lowest BCUT2D eigenvalue weighted by Crippen LogP contribution is -2.38. The van der Waals surface area contributed by atoms with Gasteiger partial charge >= 0.3 is 0 Å². The van der Waals surface area contributed by atoms with Crippen molar-refractivity contribution in [1.29, 1.82) is 0 Å². The number of pyridine rings is 1. The molecule has 20 heavy (non-hydrogen) atoms. The van der Waals surface area contributed by atoms with E-state index >= 15 is 0 Å². The molecule has 1 fully saturated rings. The van der Waals surface area contributed by atoms with E-state index in [1.54, 1.807) is 13.1 Å². The lowest BCUT2D eigenvalue weighted by atomic mass is 9.75. The molecule has 0 saturated carbocycles. The minimum Gasteiger partial charge on any atom is -0.370 e. The van der Waals surface area contributed by atoms with Crippen LogP contribution in [0.2, 0.25) is 0 Å². The predicted octanol–water partition coefficient (Wildman–Crippen LogP) is 2.70. The molecule has 1 N–H and O–H groups in total. The molecule has 0 radical (unpaired) electrons. The van der Waals surface area contributed by atoms with Crippen molar-refractivity contribution in [3.8, 4) is 0 Å². The van der Waals surface area contributed by atoms with Crippen molar-refractivity contribution in [1.82, 2.24) is 10.3 Å². The van der Waals surface area contributed by atoms with Crippen LogP contribution >= 0.6 is 0 Å². The van der Waals surface area contributed by atoms with E-state index in [1.807, 2.05) is 12.3 Å². The molecule has 1 aromatic rings. The first kappa shape index (κ1) is 14.8. The van der Waals surface area contributed by atoms with Gasteiger partial charge in [0.1, 0.15) is 5.69 Å². The van der Waals surface area contributed by atoms with Crippen LogP contribution in [0.4, 0.5) is 5.69 Å². The summed E-state index contributed by atoms with van der Waals surface area (Å²) in [5.74, 6) is 0.653. The second-order valence-corrected chi connectivity index (χ2v) is 6.61. The molecule has 0 bridgehead atoms. The summed E-state index contributed by atoms with van der Waals surface area (Å²) in [7, 11) is 1.62. The molecule has 1 aromatic heterocycles. The van der Waals surface area contributed by atoms with Gasteiger partial charge in [0.05, 0.1) is 11.9 Å². The quantitative estimate of drug-likeness (QED) is 0.902. The summed E-state index contributed by atoms with van der Waals surface area (Å²) >= 11 is 0. The Morgan fingerprint density at radius 1 is 1.30 bits per heavy atom. The second-order valence-electron chi connectivity index (χ2n) is 6.61. The highest BCUT2D eigenvalue weighted by Crippen LogP contribution is 2.35. The topological polar surface area (TPSA) is 45.2 Å². The molecule has 0 aromatic carbocycles. The van der Waals surface area contributed by atoms with Gasteiger partial charge in [-0.15, -0.1) is 0 Å². The molecule has 1 aliphatic rings. The molecule has 0 atom stereocenters. The fourth-order valence-corrected chi connectivity index (χ4v) is 2.84. The maximum atomic E-state index is 11.5. The number of hydrogen-bond acceptors (Lipinski definition) is 3. The molecular weight excluding hydrogens is 250 g/mol. The number of aromatic nitrogens is 1. The van der Waals surface area contributed by atoms with Crippen LogP contribution in [0.25, 0.3) is 0 Å². The number of rotatable bonds is 2. The van der Waals surface area contributed by atoms with Gasteiger partial charge in [-0.1, -0.05) is 20.8 Å². The summed E-state index contributed by atoms with van der Waals surface area (Å²) in [6, 6.07) is 3.79. The Bertz CT molecular complexity index is 454. The van der Waals surface area contributed by atoms with Gasteiger partial charge in [0.15, 0.2) is 0 Å². The third-order valence-corrected chi connectivity index (χ3v) is 4.29. The molecule has 2 heterocycles. The third-order valence-electron chi connectivity index (χ3n) is 4.29. The van der Waals surface area contributed by atoms with E-state index in [-0.39, 0.29) is 5.91 Å². The summed E-state index contributed by atoms with van der Waals surface area (Å²) in [4.78, 5) is 18.1. The highest BCUT2D eigenvalue weighted by atomic mass is 16.1. The van der Waals surface area contributed by atoms with E-state index < -0.39 is 0 Å². The van der Waals surface area contributed by atoms with Crippen LogP contribution in [0.1, 0.15) is 44.1 Å². The zero-order chi connectivity index (χ0) is 14.8. The number of hydrogen-bond donors (Lipinski definition) is 1. The van der Waals surface area contributed by atoms with Crippen LogP contribution in [-0.2, 0) is 0 Å². The van der Waals surface area contributed by atoms with Crippen molar-refractivity contribution >= 4 is 11.6 Å². The maximum Gasteiger partial charge on any atom is 0.269 e. The fourth-order valence-electron chi connectivity index (χ4n) is 2.84. The highest BCUT2D eigenvalue weighted by molar-refractivity contribution is 5.92. The van der Waals surface area contributed by atoms with Crippen molar-refractivity contribution in [3.05, 3.63) is 24.0 Å². The van der Waals surface area contributed by atoms with E-state index in [4.69, 9.17) is 0 Å². The number of amides is 1. The smallest absolute Gasteiger partial charge is 0.269 e. The van der Waals surface area contributed by atoms with E-state index in [9.17, 15) is 4.79 Å². The maximum absolute atomic E-state index is 11.5. The third kappa shape index (κ3) is 3.30. The van der Waals surface area contributed by atoms with Gasteiger partial charge in [-0.25, -0.2) is 4.98 Å². The van der Waals surface area contributed by atoms with Gasteiger partial charge < -0.3 is 10.2 Å². The van der Waals surface area contributed by atoms with Crippen molar-refractivity contribution < 1.29 is 4.79 Å². The average Bonchev–Trinajstić information content (AvgIpc) is 2.46. The van der Waals surface area contributed by atoms with Crippen molar-refractivity contribution in [2.75, 3.05) is 25.0 Å². The Balaban J connectivity index is 1.99. The molecule has 0 unspecified atom stereocenters. The molecule has 110 valence electrons. The number of nitrogens with zero attached hydrogens (tertiary/aromatic N) is 2. The van der Waals surface area contributed by atoms with Gasteiger partial charge in [-0.3, -0.25) is 4.79 Å². The first-order valence-corrected chi connectivity index (χ1v) is 7.35. The van der Waals surface area contributed by atoms with Crippen LogP contribution in [0.5, 0.6) is 0 Å². The zero-order valence-corrected chi connectivity index (χ0v) is 12.9. The van der Waals surface area contributed by atoms with Crippen molar-refractivity contribution in [2.45, 2.75) is 33.6 Å². The molecule has 1 saturated heterocycles. The monoisotopic (exact) mass is 275 g/mol. The molecule has 4 heteroatoms. The second kappa shape index (κ2) is 5.81. The highest BCUT2D eigenvalue weighted by Gasteiger charge is 2.28. The number of anilines is 1. The molecule has 0 aliphatic carbocycles. The van der Waals surface area contributed by atoms with Crippen LogP contribution in [0, 0.1) is 11.3 Å². The number of carbonyl (C=O) groups is 1. The minimum atomic E-state index is -0.136. The van der Waals surface area contributed by atoms with E-state index in [1.165, 1.54) is 12.8 Å². The standard InChI is InChI=1S/C16H25N3O/c1-16(2,3)12-7-9-19(10-8-12)13-5-6-14(18-11-13)15(20)17-4/h5-6,11-12H,7-10H2,1-4H3,(H,17,20). The van der Waals surface area contributed by atoms with Gasteiger partial charge in [0, 0.05) is 20.1 Å². The van der Waals surface area contributed by atoms with Gasteiger partial charge in [0.2, 0.25) is 0 Å². The van der Waals surface area contributed by atoms with E-state index in [0.29, 0.717) is 11.1 Å². The Morgan fingerprint density at radius 2 is 1.95 bits per heavy atom. The van der Waals surface area contributed by atoms with E-state index in [2.05, 4.69) is 36.0 Å².